The molecule has 46 heavy (non-hydrogen) atoms. The van der Waals surface area contributed by atoms with Crippen LogP contribution < -0.4 is 0 Å². The SMILES string of the molecule is CCCCCCCCCCCCCCCCC=CC[N+](C)(C=CCCCCCCCCCCCCCCCC)Cc1ccccc1. The van der Waals surface area contributed by atoms with E-state index in [1.807, 2.05) is 0 Å². The number of nitrogens with zero attached hydrogens (tertiary/aromatic N) is 1. The van der Waals surface area contributed by atoms with E-state index in [0.717, 1.165) is 17.6 Å². The van der Waals surface area contributed by atoms with Crippen molar-refractivity contribution in [2.45, 2.75) is 213 Å². The van der Waals surface area contributed by atoms with Gasteiger partial charge in [0.15, 0.2) is 0 Å². The Hall–Kier alpha value is -1.34. The molecule has 0 fully saturated rings. The molecule has 0 aromatic heterocycles. The van der Waals surface area contributed by atoms with Crippen molar-refractivity contribution in [2.75, 3.05) is 13.6 Å². The summed E-state index contributed by atoms with van der Waals surface area (Å²) < 4.78 is 0.970. The first-order valence-corrected chi connectivity index (χ1v) is 20.9. The van der Waals surface area contributed by atoms with Crippen LogP contribution in [-0.2, 0) is 6.54 Å². The van der Waals surface area contributed by atoms with Crippen molar-refractivity contribution >= 4 is 0 Å². The smallest absolute Gasteiger partial charge is 0.109 e. The van der Waals surface area contributed by atoms with Crippen LogP contribution in [0.4, 0.5) is 0 Å². The maximum Gasteiger partial charge on any atom is 0.109 e. The van der Waals surface area contributed by atoms with E-state index in [2.05, 4.69) is 75.7 Å². The van der Waals surface area contributed by atoms with Crippen LogP contribution in [0.15, 0.2) is 54.8 Å². The van der Waals surface area contributed by atoms with E-state index in [-0.39, 0.29) is 0 Å². The second-order valence-corrected chi connectivity index (χ2v) is 14.9. The third-order valence-corrected chi connectivity index (χ3v) is 9.99. The Labute approximate surface area is 290 Å². The van der Waals surface area contributed by atoms with Crippen LogP contribution >= 0.6 is 0 Å². The first-order chi connectivity index (χ1) is 22.7. The number of quaternary nitrogens is 1. The summed E-state index contributed by atoms with van der Waals surface area (Å²) in [6, 6.07) is 11.1. The average Bonchev–Trinajstić information content (AvgIpc) is 3.06. The van der Waals surface area contributed by atoms with Crippen molar-refractivity contribution in [2.24, 2.45) is 0 Å². The summed E-state index contributed by atoms with van der Waals surface area (Å²) in [6.07, 6.45) is 52.5. The topological polar surface area (TPSA) is 0 Å². The van der Waals surface area contributed by atoms with Gasteiger partial charge in [-0.25, -0.2) is 0 Å². The largest absolute Gasteiger partial charge is 0.293 e. The second kappa shape index (κ2) is 33.6. The molecule has 1 aromatic rings. The van der Waals surface area contributed by atoms with Gasteiger partial charge >= 0.3 is 0 Å². The quantitative estimate of drug-likeness (QED) is 0.0395. The van der Waals surface area contributed by atoms with Gasteiger partial charge in [-0.05, 0) is 37.8 Å². The first kappa shape index (κ1) is 42.7. The molecular formula is C45H82N+. The lowest BCUT2D eigenvalue weighted by Crippen LogP contribution is -2.37. The van der Waals surface area contributed by atoms with Crippen LogP contribution in [0, 0.1) is 0 Å². The van der Waals surface area contributed by atoms with Gasteiger partial charge in [-0.1, -0.05) is 217 Å². The van der Waals surface area contributed by atoms with Crippen molar-refractivity contribution in [1.82, 2.24) is 0 Å². The lowest BCUT2D eigenvalue weighted by molar-refractivity contribution is -0.867. The molecule has 0 saturated heterocycles. The van der Waals surface area contributed by atoms with E-state index in [9.17, 15) is 0 Å². The number of allylic oxidation sites excluding steroid dienone is 2. The summed E-state index contributed by atoms with van der Waals surface area (Å²) >= 11 is 0. The highest BCUT2D eigenvalue weighted by molar-refractivity contribution is 5.13. The van der Waals surface area contributed by atoms with Crippen LogP contribution in [0.1, 0.15) is 212 Å². The molecule has 0 amide bonds. The number of likely N-dealkylation sites (N-methyl/N-ethyl adjacent to an activating group) is 1. The van der Waals surface area contributed by atoms with Crippen molar-refractivity contribution in [3.63, 3.8) is 0 Å². The average molecular weight is 637 g/mol. The van der Waals surface area contributed by atoms with Crippen molar-refractivity contribution in [3.8, 4) is 0 Å². The predicted molar refractivity (Wildman–Crippen MR) is 209 cm³/mol. The molecule has 0 heterocycles. The molecule has 0 aliphatic rings. The van der Waals surface area contributed by atoms with E-state index in [1.165, 1.54) is 198 Å². The Morgan fingerprint density at radius 2 is 0.761 bits per heavy atom. The second-order valence-electron chi connectivity index (χ2n) is 14.9. The Kier molecular flexibility index (Phi) is 31.1. The van der Waals surface area contributed by atoms with Gasteiger partial charge in [0.1, 0.15) is 13.1 Å². The first-order valence-electron chi connectivity index (χ1n) is 20.9. The molecule has 0 aliphatic heterocycles. The van der Waals surface area contributed by atoms with Crippen LogP contribution in [0.2, 0.25) is 0 Å². The monoisotopic (exact) mass is 637 g/mol. The summed E-state index contributed by atoms with van der Waals surface area (Å²) in [6.45, 7) is 6.77. The Balaban J connectivity index is 2.13. The van der Waals surface area contributed by atoms with E-state index in [4.69, 9.17) is 0 Å². The van der Waals surface area contributed by atoms with Gasteiger partial charge in [-0.3, -0.25) is 4.48 Å². The predicted octanol–water partition coefficient (Wildman–Crippen LogP) is 15.4. The van der Waals surface area contributed by atoms with Crippen molar-refractivity contribution in [1.29, 1.82) is 0 Å². The van der Waals surface area contributed by atoms with E-state index < -0.39 is 0 Å². The van der Waals surface area contributed by atoms with Gasteiger partial charge in [0.2, 0.25) is 0 Å². The van der Waals surface area contributed by atoms with Crippen molar-refractivity contribution < 1.29 is 4.48 Å². The van der Waals surface area contributed by atoms with Crippen LogP contribution in [-0.4, -0.2) is 18.1 Å². The van der Waals surface area contributed by atoms with Crippen LogP contribution in [0.5, 0.6) is 0 Å². The minimum atomic E-state index is 0.970. The lowest BCUT2D eigenvalue weighted by Gasteiger charge is -2.29. The van der Waals surface area contributed by atoms with Gasteiger partial charge in [0.05, 0.1) is 13.2 Å². The lowest BCUT2D eigenvalue weighted by atomic mass is 10.0. The molecule has 266 valence electrons. The van der Waals surface area contributed by atoms with Crippen LogP contribution in [0.3, 0.4) is 0 Å². The summed E-state index contributed by atoms with van der Waals surface area (Å²) in [5.74, 6) is 0. The normalized spacial score (nSPS) is 13.3. The molecule has 0 N–H and O–H groups in total. The zero-order chi connectivity index (χ0) is 33.1. The van der Waals surface area contributed by atoms with Crippen molar-refractivity contribution in [3.05, 3.63) is 60.3 Å². The standard InChI is InChI=1S/C45H82N/c1-4-6-8-10-12-14-16-18-20-22-24-26-28-30-32-34-39-43-46(3,44-45-40-36-35-37-41-45)42-38-33-31-29-27-25-23-21-19-17-15-13-11-9-7-5-2/h34-42H,4-33,43-44H2,1-3H3/q+1. The minimum absolute atomic E-state index is 0.970. The summed E-state index contributed by atoms with van der Waals surface area (Å²) in [5, 5.41) is 0. The van der Waals surface area contributed by atoms with Gasteiger partial charge < -0.3 is 0 Å². The van der Waals surface area contributed by atoms with Crippen LogP contribution in [0.25, 0.3) is 0 Å². The highest BCUT2D eigenvalue weighted by atomic mass is 15.3. The number of rotatable bonds is 35. The fourth-order valence-electron chi connectivity index (χ4n) is 6.85. The fourth-order valence-corrected chi connectivity index (χ4v) is 6.85. The molecule has 0 bridgehead atoms. The van der Waals surface area contributed by atoms with Gasteiger partial charge in [-0.15, -0.1) is 0 Å². The highest BCUT2D eigenvalue weighted by Crippen LogP contribution is 2.17. The molecule has 0 radical (unpaired) electrons. The maximum absolute atomic E-state index is 2.49. The molecule has 0 saturated carbocycles. The third kappa shape index (κ3) is 28.8. The molecule has 1 heteroatoms. The molecule has 1 atom stereocenters. The van der Waals surface area contributed by atoms with Gasteiger partial charge in [0.25, 0.3) is 0 Å². The molecule has 1 aromatic carbocycles. The molecule has 1 unspecified atom stereocenters. The minimum Gasteiger partial charge on any atom is -0.293 e. The number of hydrogen-bond acceptors (Lipinski definition) is 0. The number of benzene rings is 1. The van der Waals surface area contributed by atoms with Gasteiger partial charge in [-0.2, -0.15) is 0 Å². The zero-order valence-corrected chi connectivity index (χ0v) is 31.8. The molecule has 1 rings (SSSR count). The zero-order valence-electron chi connectivity index (χ0n) is 31.8. The third-order valence-electron chi connectivity index (χ3n) is 9.99. The summed E-state index contributed by atoms with van der Waals surface area (Å²) in [5.41, 5.74) is 1.44. The maximum atomic E-state index is 2.49. The number of hydrogen-bond donors (Lipinski definition) is 0. The molecular weight excluding hydrogens is 555 g/mol. The summed E-state index contributed by atoms with van der Waals surface area (Å²) in [7, 11) is 2.41. The van der Waals surface area contributed by atoms with E-state index in [0.29, 0.717) is 0 Å². The van der Waals surface area contributed by atoms with Gasteiger partial charge in [0, 0.05) is 5.56 Å². The fraction of sp³-hybridized carbons (Fsp3) is 0.778. The molecule has 0 aliphatic carbocycles. The Bertz CT molecular complexity index is 779. The van der Waals surface area contributed by atoms with E-state index in [1.54, 1.807) is 0 Å². The number of unbranched alkanes of at least 4 members (excludes halogenated alkanes) is 28. The molecule has 1 nitrogen and oxygen atoms in total. The Morgan fingerprint density at radius 3 is 1.15 bits per heavy atom. The van der Waals surface area contributed by atoms with E-state index >= 15 is 0 Å². The Morgan fingerprint density at radius 1 is 0.413 bits per heavy atom. The summed E-state index contributed by atoms with van der Waals surface area (Å²) in [4.78, 5) is 0. The molecule has 0 spiro atoms. The highest BCUT2D eigenvalue weighted by Gasteiger charge is 2.17.